The van der Waals surface area contributed by atoms with Gasteiger partial charge >= 0.3 is 0 Å². The summed E-state index contributed by atoms with van der Waals surface area (Å²) < 4.78 is 0.860. The standard InChI is InChI=1S/C19H24N2OS2/c1-12-8-13(2)10-21(9-12)19(23)24-11-17(22)18-14(3)20-16-7-5-4-6-15(16)18/h4-7,12-13,20H,8-11H2,1-3H3. The Morgan fingerprint density at radius 2 is 1.96 bits per heavy atom. The van der Waals surface area contributed by atoms with E-state index in [0.29, 0.717) is 17.6 Å². The highest BCUT2D eigenvalue weighted by Gasteiger charge is 2.24. The van der Waals surface area contributed by atoms with Gasteiger partial charge in [-0.15, -0.1) is 0 Å². The average Bonchev–Trinajstić information content (AvgIpc) is 2.87. The Hall–Kier alpha value is -1.33. The minimum atomic E-state index is 0.149. The summed E-state index contributed by atoms with van der Waals surface area (Å²) in [4.78, 5) is 18.3. The maximum atomic E-state index is 12.7. The second-order valence-corrected chi connectivity index (χ2v) is 8.61. The fourth-order valence-electron chi connectivity index (χ4n) is 3.74. The molecule has 2 unspecified atom stereocenters. The van der Waals surface area contributed by atoms with Crippen LogP contribution in [0.1, 0.15) is 36.3 Å². The van der Waals surface area contributed by atoms with Gasteiger partial charge in [0.05, 0.1) is 5.75 Å². The second kappa shape index (κ2) is 7.28. The molecule has 0 bridgehead atoms. The van der Waals surface area contributed by atoms with Crippen molar-refractivity contribution >= 4 is 45.0 Å². The number of H-pyrrole nitrogens is 1. The third kappa shape index (κ3) is 3.67. The normalized spacial score (nSPS) is 21.2. The molecule has 5 heteroatoms. The van der Waals surface area contributed by atoms with Gasteiger partial charge in [-0.3, -0.25) is 4.79 Å². The Bertz CT molecular complexity index is 758. The predicted octanol–water partition coefficient (Wildman–Crippen LogP) is 4.66. The summed E-state index contributed by atoms with van der Waals surface area (Å²) in [6.07, 6.45) is 1.26. The molecule has 2 heterocycles. The number of nitrogens with one attached hydrogen (secondary N) is 1. The number of fused-ring (bicyclic) bond motifs is 1. The van der Waals surface area contributed by atoms with E-state index in [1.54, 1.807) is 0 Å². The van der Waals surface area contributed by atoms with Crippen molar-refractivity contribution in [2.45, 2.75) is 27.2 Å². The Labute approximate surface area is 153 Å². The number of thioether (sulfide) groups is 1. The number of Topliss-reactive ketones (excluding diaryl/α,β-unsaturated/α-hetero) is 1. The van der Waals surface area contributed by atoms with Crippen LogP contribution in [0.3, 0.4) is 0 Å². The smallest absolute Gasteiger partial charge is 0.175 e. The van der Waals surface area contributed by atoms with E-state index in [2.05, 4.69) is 23.7 Å². The van der Waals surface area contributed by atoms with Gasteiger partial charge in [-0.25, -0.2) is 0 Å². The van der Waals surface area contributed by atoms with Gasteiger partial charge in [0, 0.05) is 35.2 Å². The van der Waals surface area contributed by atoms with Crippen LogP contribution >= 0.6 is 24.0 Å². The Morgan fingerprint density at radius 3 is 2.67 bits per heavy atom. The molecule has 0 saturated carbocycles. The summed E-state index contributed by atoms with van der Waals surface area (Å²) >= 11 is 7.09. The summed E-state index contributed by atoms with van der Waals surface area (Å²) in [5, 5.41) is 1.01. The number of nitrogens with zero attached hydrogens (tertiary/aromatic N) is 1. The molecule has 1 fully saturated rings. The molecule has 1 aromatic carbocycles. The number of aromatic amines is 1. The molecule has 2 aromatic rings. The number of benzene rings is 1. The van der Waals surface area contributed by atoms with Crippen LogP contribution in [-0.2, 0) is 0 Å². The number of aryl methyl sites for hydroxylation is 1. The summed E-state index contributed by atoms with van der Waals surface area (Å²) in [5.74, 6) is 1.88. The van der Waals surface area contributed by atoms with E-state index in [4.69, 9.17) is 12.2 Å². The van der Waals surface area contributed by atoms with Crippen molar-refractivity contribution < 1.29 is 4.79 Å². The molecule has 0 amide bonds. The predicted molar refractivity (Wildman–Crippen MR) is 107 cm³/mol. The molecule has 24 heavy (non-hydrogen) atoms. The number of rotatable bonds is 3. The lowest BCUT2D eigenvalue weighted by Crippen LogP contribution is -2.40. The van der Waals surface area contributed by atoms with Crippen molar-refractivity contribution in [1.82, 2.24) is 9.88 Å². The number of carbonyl (C=O) groups is 1. The molecule has 128 valence electrons. The first-order valence-electron chi connectivity index (χ1n) is 8.48. The number of hydrogen-bond acceptors (Lipinski definition) is 3. The molecule has 1 saturated heterocycles. The third-order valence-electron chi connectivity index (χ3n) is 4.63. The van der Waals surface area contributed by atoms with Crippen LogP contribution in [0.25, 0.3) is 10.9 Å². The topological polar surface area (TPSA) is 36.1 Å². The van der Waals surface area contributed by atoms with Crippen molar-refractivity contribution in [2.75, 3.05) is 18.8 Å². The monoisotopic (exact) mass is 360 g/mol. The van der Waals surface area contributed by atoms with Crippen LogP contribution < -0.4 is 0 Å². The lowest BCUT2D eigenvalue weighted by Gasteiger charge is -2.36. The molecular weight excluding hydrogens is 336 g/mol. The minimum Gasteiger partial charge on any atom is -0.358 e. The van der Waals surface area contributed by atoms with Crippen molar-refractivity contribution in [2.24, 2.45) is 11.8 Å². The van der Waals surface area contributed by atoms with Crippen LogP contribution in [0.4, 0.5) is 0 Å². The fraction of sp³-hybridized carbons (Fsp3) is 0.474. The number of likely N-dealkylation sites (tertiary alicyclic amines) is 1. The van der Waals surface area contributed by atoms with E-state index in [1.165, 1.54) is 18.2 Å². The molecule has 1 aromatic heterocycles. The Morgan fingerprint density at radius 1 is 1.29 bits per heavy atom. The number of thiocarbonyl (C=S) groups is 1. The highest BCUT2D eigenvalue weighted by molar-refractivity contribution is 8.23. The number of carbonyl (C=O) groups excluding carboxylic acids is 1. The highest BCUT2D eigenvalue weighted by atomic mass is 32.2. The van der Waals surface area contributed by atoms with Gasteiger partial charge in [0.15, 0.2) is 5.78 Å². The van der Waals surface area contributed by atoms with Gasteiger partial charge in [-0.05, 0) is 31.2 Å². The summed E-state index contributed by atoms with van der Waals surface area (Å²) in [6.45, 7) is 8.53. The van der Waals surface area contributed by atoms with Gasteiger partial charge in [0.2, 0.25) is 0 Å². The van der Waals surface area contributed by atoms with Crippen LogP contribution in [-0.4, -0.2) is 38.8 Å². The molecule has 3 rings (SSSR count). The van der Waals surface area contributed by atoms with E-state index in [-0.39, 0.29) is 5.78 Å². The van der Waals surface area contributed by atoms with Gasteiger partial charge in [-0.2, -0.15) is 0 Å². The van der Waals surface area contributed by atoms with E-state index >= 15 is 0 Å². The molecule has 0 radical (unpaired) electrons. The lowest BCUT2D eigenvalue weighted by molar-refractivity contribution is 0.102. The van der Waals surface area contributed by atoms with Crippen LogP contribution in [0.2, 0.25) is 0 Å². The quantitative estimate of drug-likeness (QED) is 0.638. The second-order valence-electron chi connectivity index (χ2n) is 7.00. The molecule has 2 atom stereocenters. The lowest BCUT2D eigenvalue weighted by atomic mass is 9.92. The van der Waals surface area contributed by atoms with Crippen LogP contribution in [0.5, 0.6) is 0 Å². The Balaban J connectivity index is 1.67. The number of hydrogen-bond donors (Lipinski definition) is 1. The first kappa shape index (κ1) is 17.5. The number of piperidine rings is 1. The fourth-order valence-corrected chi connectivity index (χ4v) is 4.80. The first-order chi connectivity index (χ1) is 11.5. The Kier molecular flexibility index (Phi) is 5.30. The van der Waals surface area contributed by atoms with Gasteiger partial charge in [0.1, 0.15) is 4.32 Å². The van der Waals surface area contributed by atoms with Crippen LogP contribution in [0, 0.1) is 18.8 Å². The zero-order chi connectivity index (χ0) is 17.3. The number of ketones is 1. The number of aromatic nitrogens is 1. The van der Waals surface area contributed by atoms with Crippen molar-refractivity contribution in [3.8, 4) is 0 Å². The minimum absolute atomic E-state index is 0.149. The molecule has 0 spiro atoms. The van der Waals surface area contributed by atoms with E-state index < -0.39 is 0 Å². The molecule has 1 aliphatic rings. The van der Waals surface area contributed by atoms with Crippen LogP contribution in [0.15, 0.2) is 24.3 Å². The zero-order valence-corrected chi connectivity index (χ0v) is 16.1. The number of para-hydroxylation sites is 1. The van der Waals surface area contributed by atoms with Crippen molar-refractivity contribution in [3.63, 3.8) is 0 Å². The highest BCUT2D eigenvalue weighted by Crippen LogP contribution is 2.26. The molecule has 3 nitrogen and oxygen atoms in total. The maximum absolute atomic E-state index is 12.7. The van der Waals surface area contributed by atoms with E-state index in [1.807, 2.05) is 31.2 Å². The zero-order valence-electron chi connectivity index (χ0n) is 14.5. The first-order valence-corrected chi connectivity index (χ1v) is 9.87. The molecule has 1 aliphatic heterocycles. The summed E-state index contributed by atoms with van der Waals surface area (Å²) in [7, 11) is 0. The molecule has 1 N–H and O–H groups in total. The maximum Gasteiger partial charge on any atom is 0.175 e. The summed E-state index contributed by atoms with van der Waals surface area (Å²) in [6, 6.07) is 7.96. The van der Waals surface area contributed by atoms with Crippen molar-refractivity contribution in [1.29, 1.82) is 0 Å². The van der Waals surface area contributed by atoms with Gasteiger partial charge in [-0.1, -0.05) is 56.0 Å². The summed E-state index contributed by atoms with van der Waals surface area (Å²) in [5.41, 5.74) is 2.76. The van der Waals surface area contributed by atoms with Gasteiger partial charge < -0.3 is 9.88 Å². The van der Waals surface area contributed by atoms with Gasteiger partial charge in [0.25, 0.3) is 0 Å². The SMILES string of the molecule is Cc1[nH]c2ccccc2c1C(=O)CSC(=S)N1CC(C)CC(C)C1. The largest absolute Gasteiger partial charge is 0.358 e. The average molecular weight is 361 g/mol. The molecule has 0 aliphatic carbocycles. The van der Waals surface area contributed by atoms with E-state index in [9.17, 15) is 4.79 Å². The molecular formula is C19H24N2OS2. The van der Waals surface area contributed by atoms with Crippen molar-refractivity contribution in [3.05, 3.63) is 35.5 Å². The van der Waals surface area contributed by atoms with E-state index in [0.717, 1.165) is 39.6 Å². The third-order valence-corrected chi connectivity index (χ3v) is 6.15.